The van der Waals surface area contributed by atoms with Crippen molar-refractivity contribution < 1.29 is 14.0 Å². The molecule has 0 unspecified atom stereocenters. The molecule has 0 bridgehead atoms. The van der Waals surface area contributed by atoms with Gasteiger partial charge in [-0.15, -0.1) is 0 Å². The number of carbonyl (C=O) groups is 2. The number of anilines is 1. The average molecular weight is 402 g/mol. The molecular weight excluding hydrogens is 379 g/mol. The zero-order valence-electron chi connectivity index (χ0n) is 16.6. The minimum Gasteiger partial charge on any atom is -0.351 e. The lowest BCUT2D eigenvalue weighted by Crippen LogP contribution is -2.37. The number of hydrogen-bond donors (Lipinski definition) is 1. The predicted octanol–water partition coefficient (Wildman–Crippen LogP) is 4.09. The molecule has 4 rings (SSSR count). The fraction of sp³-hybridized carbons (Fsp3) is 0.200. The quantitative estimate of drug-likeness (QED) is 0.632. The summed E-state index contributed by atoms with van der Waals surface area (Å²) in [5.74, 6) is -1.68. The first kappa shape index (κ1) is 19.8. The second-order valence-electron chi connectivity index (χ2n) is 7.43. The number of amides is 2. The van der Waals surface area contributed by atoms with E-state index in [1.807, 2.05) is 42.5 Å². The molecule has 4 nitrogen and oxygen atoms in total. The summed E-state index contributed by atoms with van der Waals surface area (Å²) in [6, 6.07) is 24.2. The Morgan fingerprint density at radius 3 is 2.37 bits per heavy atom. The van der Waals surface area contributed by atoms with E-state index in [1.54, 1.807) is 23.1 Å². The van der Waals surface area contributed by atoms with Gasteiger partial charge in [-0.3, -0.25) is 9.59 Å². The van der Waals surface area contributed by atoms with Crippen LogP contribution in [0, 0.1) is 11.7 Å². The van der Waals surface area contributed by atoms with Gasteiger partial charge in [-0.2, -0.15) is 0 Å². The van der Waals surface area contributed by atoms with Crippen molar-refractivity contribution in [3.63, 3.8) is 0 Å². The highest BCUT2D eigenvalue weighted by Crippen LogP contribution is 2.30. The summed E-state index contributed by atoms with van der Waals surface area (Å²) in [7, 11) is 0. The third kappa shape index (κ3) is 4.25. The molecule has 3 aromatic carbocycles. The van der Waals surface area contributed by atoms with E-state index in [2.05, 4.69) is 17.4 Å². The molecule has 1 N–H and O–H groups in total. The molecule has 1 saturated heterocycles. The summed E-state index contributed by atoms with van der Waals surface area (Å²) in [4.78, 5) is 27.3. The summed E-state index contributed by atoms with van der Waals surface area (Å²) in [5, 5.41) is 2.71. The molecule has 0 radical (unpaired) electrons. The molecule has 30 heavy (non-hydrogen) atoms. The van der Waals surface area contributed by atoms with Crippen LogP contribution < -0.4 is 10.2 Å². The highest BCUT2D eigenvalue weighted by Gasteiger charge is 2.38. The van der Waals surface area contributed by atoms with Crippen molar-refractivity contribution in [3.8, 4) is 0 Å². The highest BCUT2D eigenvalue weighted by atomic mass is 19.1. The first-order chi connectivity index (χ1) is 14.6. The number of para-hydroxylation sites is 1. The lowest BCUT2D eigenvalue weighted by atomic mass is 10.0. The number of nitrogens with one attached hydrogen (secondary N) is 1. The van der Waals surface area contributed by atoms with Gasteiger partial charge in [0.1, 0.15) is 11.7 Å². The molecule has 152 valence electrons. The number of carbonyl (C=O) groups excluding carboxylic acids is 2. The molecule has 0 aromatic heterocycles. The monoisotopic (exact) mass is 402 g/mol. The van der Waals surface area contributed by atoms with Crippen LogP contribution in [0.15, 0.2) is 78.9 Å². The minimum atomic E-state index is -0.749. The van der Waals surface area contributed by atoms with Crippen LogP contribution in [0.3, 0.4) is 0 Å². The van der Waals surface area contributed by atoms with Crippen molar-refractivity contribution in [2.24, 2.45) is 5.92 Å². The number of hydrogen-bond acceptors (Lipinski definition) is 2. The lowest BCUT2D eigenvalue weighted by molar-refractivity contribution is -0.132. The molecule has 0 saturated carbocycles. The predicted molar refractivity (Wildman–Crippen MR) is 114 cm³/mol. The number of halogens is 1. The normalized spacial score (nSPS) is 16.0. The van der Waals surface area contributed by atoms with Crippen LogP contribution in [0.1, 0.15) is 23.1 Å². The van der Waals surface area contributed by atoms with Crippen LogP contribution in [0.4, 0.5) is 10.1 Å². The zero-order chi connectivity index (χ0) is 20.9. The topological polar surface area (TPSA) is 49.4 Å². The van der Waals surface area contributed by atoms with Gasteiger partial charge in [0.15, 0.2) is 0 Å². The van der Waals surface area contributed by atoms with Crippen LogP contribution in [0.5, 0.6) is 0 Å². The highest BCUT2D eigenvalue weighted by molar-refractivity contribution is 6.09. The summed E-state index contributed by atoms with van der Waals surface area (Å²) in [5.41, 5.74) is 3.46. The van der Waals surface area contributed by atoms with Crippen molar-refractivity contribution in [1.29, 1.82) is 0 Å². The van der Waals surface area contributed by atoms with Crippen molar-refractivity contribution in [2.45, 2.75) is 19.4 Å². The molecular formula is C25H23FN2O2. The van der Waals surface area contributed by atoms with Crippen LogP contribution >= 0.6 is 0 Å². The van der Waals surface area contributed by atoms with E-state index in [1.165, 1.54) is 6.07 Å². The van der Waals surface area contributed by atoms with E-state index >= 15 is 0 Å². The van der Waals surface area contributed by atoms with Gasteiger partial charge in [0.05, 0.1) is 0 Å². The Morgan fingerprint density at radius 2 is 1.60 bits per heavy atom. The fourth-order valence-electron chi connectivity index (χ4n) is 3.85. The van der Waals surface area contributed by atoms with Gasteiger partial charge in [0.25, 0.3) is 0 Å². The van der Waals surface area contributed by atoms with Gasteiger partial charge < -0.3 is 10.2 Å². The molecule has 3 aromatic rings. The smallest absolute Gasteiger partial charge is 0.239 e. The van der Waals surface area contributed by atoms with Crippen LogP contribution in [-0.2, 0) is 22.6 Å². The summed E-state index contributed by atoms with van der Waals surface area (Å²) in [6.45, 7) is 0.558. The fourth-order valence-corrected chi connectivity index (χ4v) is 3.85. The van der Waals surface area contributed by atoms with E-state index in [0.717, 1.165) is 16.8 Å². The maximum atomic E-state index is 13.8. The third-order valence-electron chi connectivity index (χ3n) is 5.45. The molecule has 0 aliphatic carbocycles. The van der Waals surface area contributed by atoms with Crippen LogP contribution in [0.2, 0.25) is 0 Å². The van der Waals surface area contributed by atoms with Crippen molar-refractivity contribution in [2.75, 3.05) is 11.4 Å². The molecule has 5 heteroatoms. The standard InChI is InChI=1S/C25H23FN2O2/c26-22-12-6-4-11-20(22)17-27-24(29)21-14-15-28(25(21)30)23-13-7-5-10-19(23)16-18-8-2-1-3-9-18/h1-13,21H,14-17H2,(H,27,29)/t21-/m0/s1. The first-order valence-electron chi connectivity index (χ1n) is 10.1. The van der Waals surface area contributed by atoms with Gasteiger partial charge in [0.2, 0.25) is 11.8 Å². The van der Waals surface area contributed by atoms with E-state index < -0.39 is 5.92 Å². The van der Waals surface area contributed by atoms with Gasteiger partial charge in [-0.05, 0) is 36.1 Å². The van der Waals surface area contributed by atoms with E-state index in [0.29, 0.717) is 24.9 Å². The lowest BCUT2D eigenvalue weighted by Gasteiger charge is -2.20. The molecule has 1 aliphatic rings. The Balaban J connectivity index is 1.46. The molecule has 2 amide bonds. The Kier molecular flexibility index (Phi) is 5.89. The number of benzene rings is 3. The first-order valence-corrected chi connectivity index (χ1v) is 10.1. The minimum absolute atomic E-state index is 0.0693. The van der Waals surface area contributed by atoms with Crippen LogP contribution in [0.25, 0.3) is 0 Å². The molecule has 1 heterocycles. The number of rotatable bonds is 6. The van der Waals surface area contributed by atoms with Crippen molar-refractivity contribution >= 4 is 17.5 Å². The second-order valence-corrected chi connectivity index (χ2v) is 7.43. The van der Waals surface area contributed by atoms with Crippen LogP contribution in [-0.4, -0.2) is 18.4 Å². The van der Waals surface area contributed by atoms with Gasteiger partial charge in [0, 0.05) is 24.3 Å². The van der Waals surface area contributed by atoms with Gasteiger partial charge >= 0.3 is 0 Å². The Morgan fingerprint density at radius 1 is 0.933 bits per heavy atom. The summed E-state index contributed by atoms with van der Waals surface area (Å²) in [6.07, 6.45) is 1.16. The maximum Gasteiger partial charge on any atom is 0.239 e. The zero-order valence-corrected chi connectivity index (χ0v) is 16.6. The molecule has 1 aliphatic heterocycles. The van der Waals surface area contributed by atoms with Gasteiger partial charge in [-0.1, -0.05) is 66.7 Å². The largest absolute Gasteiger partial charge is 0.351 e. The molecule has 1 fully saturated rings. The Labute approximate surface area is 175 Å². The van der Waals surface area contributed by atoms with E-state index in [-0.39, 0.29) is 24.2 Å². The van der Waals surface area contributed by atoms with E-state index in [4.69, 9.17) is 0 Å². The molecule has 1 atom stereocenters. The average Bonchev–Trinajstić information content (AvgIpc) is 3.15. The summed E-state index contributed by atoms with van der Waals surface area (Å²) < 4.78 is 13.8. The van der Waals surface area contributed by atoms with Gasteiger partial charge in [-0.25, -0.2) is 4.39 Å². The molecule has 0 spiro atoms. The number of nitrogens with zero attached hydrogens (tertiary/aromatic N) is 1. The Bertz CT molecular complexity index is 1050. The summed E-state index contributed by atoms with van der Waals surface area (Å²) >= 11 is 0. The third-order valence-corrected chi connectivity index (χ3v) is 5.45. The SMILES string of the molecule is O=C(NCc1ccccc1F)[C@@H]1CCN(c2ccccc2Cc2ccccc2)C1=O. The Hall–Kier alpha value is -3.47. The maximum absolute atomic E-state index is 13.8. The van der Waals surface area contributed by atoms with Crippen molar-refractivity contribution in [1.82, 2.24) is 5.32 Å². The van der Waals surface area contributed by atoms with E-state index in [9.17, 15) is 14.0 Å². The second kappa shape index (κ2) is 8.91. The van der Waals surface area contributed by atoms with Crippen molar-refractivity contribution in [3.05, 3.63) is 101 Å².